The molecule has 0 spiro atoms. The van der Waals surface area contributed by atoms with E-state index in [1.54, 1.807) is 0 Å². The molecule has 3 aromatic heterocycles. The fourth-order valence-electron chi connectivity index (χ4n) is 4.97. The maximum Gasteiger partial charge on any atom is 0.207 e. The number of benzene rings is 1. The molecule has 1 saturated heterocycles. The van der Waals surface area contributed by atoms with Gasteiger partial charge >= 0.3 is 0 Å². The van der Waals surface area contributed by atoms with Gasteiger partial charge in [0.15, 0.2) is 5.75 Å². The molecule has 0 radical (unpaired) electrons. The van der Waals surface area contributed by atoms with Gasteiger partial charge in [-0.05, 0) is 51.0 Å². The molecule has 1 N–H and O–H groups in total. The number of piperidine rings is 1. The van der Waals surface area contributed by atoms with Crippen LogP contribution in [0.4, 0.5) is 5.95 Å². The van der Waals surface area contributed by atoms with Crippen LogP contribution in [0.15, 0.2) is 41.1 Å². The first-order valence-electron chi connectivity index (χ1n) is 11.1. The Morgan fingerprint density at radius 3 is 2.66 bits per heavy atom. The van der Waals surface area contributed by atoms with Crippen molar-refractivity contribution in [2.24, 2.45) is 0 Å². The summed E-state index contributed by atoms with van der Waals surface area (Å²) in [5, 5.41) is 14.2. The van der Waals surface area contributed by atoms with Gasteiger partial charge in [0.05, 0.1) is 28.6 Å². The first-order valence-corrected chi connectivity index (χ1v) is 11.1. The Kier molecular flexibility index (Phi) is 4.43. The van der Waals surface area contributed by atoms with Gasteiger partial charge in [0.2, 0.25) is 5.95 Å². The number of anilines is 1. The van der Waals surface area contributed by atoms with Crippen LogP contribution >= 0.6 is 0 Å². The molecule has 32 heavy (non-hydrogen) atoms. The Morgan fingerprint density at radius 1 is 1.09 bits per heavy atom. The minimum absolute atomic E-state index is 0.0875. The van der Waals surface area contributed by atoms with Gasteiger partial charge in [-0.3, -0.25) is 9.55 Å². The van der Waals surface area contributed by atoms with Crippen LogP contribution in [0.3, 0.4) is 0 Å². The Morgan fingerprint density at radius 2 is 1.94 bits per heavy atom. The van der Waals surface area contributed by atoms with Gasteiger partial charge in [0.25, 0.3) is 0 Å². The van der Waals surface area contributed by atoms with Gasteiger partial charge in [0.1, 0.15) is 23.9 Å². The van der Waals surface area contributed by atoms with Crippen molar-refractivity contribution in [2.75, 3.05) is 24.6 Å². The lowest BCUT2D eigenvalue weighted by Crippen LogP contribution is -2.38. The number of aliphatic hydroxyl groups is 1. The molecule has 1 aromatic carbocycles. The Balaban J connectivity index is 1.59. The molecule has 2 aliphatic rings. The van der Waals surface area contributed by atoms with E-state index in [1.165, 1.54) is 0 Å². The first kappa shape index (κ1) is 19.3. The van der Waals surface area contributed by atoms with Crippen molar-refractivity contribution in [2.45, 2.75) is 38.8 Å². The first-order chi connectivity index (χ1) is 15.6. The molecule has 6 rings (SSSR count). The standard InChI is InChI=1S/C24H25N5O3/c1-14-21(15(2)32-27-14)17-6-7-19-22-23(17)31-13-20(18-5-3-4-10-25-18)29(22)24(26-19)28-11-8-16(30)9-12-28/h3-7,10,16,20,30H,8-9,11-13H2,1-2H3/t20-/m1/s1. The highest BCUT2D eigenvalue weighted by Crippen LogP contribution is 2.45. The van der Waals surface area contributed by atoms with Crippen molar-refractivity contribution in [1.29, 1.82) is 0 Å². The molecule has 2 aliphatic heterocycles. The number of aromatic nitrogens is 4. The Labute approximate surface area is 185 Å². The molecule has 8 nitrogen and oxygen atoms in total. The summed E-state index contributed by atoms with van der Waals surface area (Å²) in [6.07, 6.45) is 3.06. The number of ether oxygens (including phenoxy) is 1. The minimum atomic E-state index is -0.242. The van der Waals surface area contributed by atoms with E-state index in [1.807, 2.05) is 50.4 Å². The number of imidazole rings is 1. The van der Waals surface area contributed by atoms with E-state index in [2.05, 4.69) is 19.6 Å². The predicted octanol–water partition coefficient (Wildman–Crippen LogP) is 3.65. The zero-order valence-corrected chi connectivity index (χ0v) is 18.2. The highest BCUT2D eigenvalue weighted by Gasteiger charge is 2.34. The minimum Gasteiger partial charge on any atom is -0.488 e. The fourth-order valence-corrected chi connectivity index (χ4v) is 4.97. The second-order valence-electron chi connectivity index (χ2n) is 8.59. The van der Waals surface area contributed by atoms with Gasteiger partial charge in [-0.2, -0.15) is 0 Å². The number of hydrogen-bond acceptors (Lipinski definition) is 7. The maximum atomic E-state index is 10.0. The lowest BCUT2D eigenvalue weighted by Gasteiger charge is -2.34. The largest absolute Gasteiger partial charge is 0.488 e. The van der Waals surface area contributed by atoms with Crippen LogP contribution in [0.1, 0.15) is 36.0 Å². The van der Waals surface area contributed by atoms with Crippen LogP contribution < -0.4 is 9.64 Å². The molecule has 0 unspecified atom stereocenters. The van der Waals surface area contributed by atoms with E-state index in [0.29, 0.717) is 6.61 Å². The third kappa shape index (κ3) is 2.90. The van der Waals surface area contributed by atoms with Crippen LogP contribution in [0.2, 0.25) is 0 Å². The molecule has 8 heteroatoms. The molecule has 0 bridgehead atoms. The van der Waals surface area contributed by atoms with E-state index >= 15 is 0 Å². The summed E-state index contributed by atoms with van der Waals surface area (Å²) in [5.74, 6) is 2.48. The zero-order valence-electron chi connectivity index (χ0n) is 18.2. The number of pyridine rings is 1. The fraction of sp³-hybridized carbons (Fsp3) is 0.375. The number of nitrogens with zero attached hydrogens (tertiary/aromatic N) is 5. The molecule has 0 saturated carbocycles. The summed E-state index contributed by atoms with van der Waals surface area (Å²) in [4.78, 5) is 11.9. The molecular weight excluding hydrogens is 406 g/mol. The highest BCUT2D eigenvalue weighted by atomic mass is 16.5. The van der Waals surface area contributed by atoms with Gasteiger partial charge in [0, 0.05) is 24.8 Å². The van der Waals surface area contributed by atoms with Crippen LogP contribution in [-0.2, 0) is 0 Å². The summed E-state index contributed by atoms with van der Waals surface area (Å²) in [5.41, 5.74) is 5.56. The van der Waals surface area contributed by atoms with Crippen molar-refractivity contribution >= 4 is 17.0 Å². The van der Waals surface area contributed by atoms with E-state index in [-0.39, 0.29) is 12.1 Å². The topological polar surface area (TPSA) is 89.4 Å². The lowest BCUT2D eigenvalue weighted by atomic mass is 10.0. The zero-order chi connectivity index (χ0) is 21.8. The molecule has 164 valence electrons. The smallest absolute Gasteiger partial charge is 0.207 e. The predicted molar refractivity (Wildman–Crippen MR) is 120 cm³/mol. The average molecular weight is 431 g/mol. The number of aliphatic hydroxyl groups excluding tert-OH is 1. The van der Waals surface area contributed by atoms with Crippen molar-refractivity contribution in [1.82, 2.24) is 19.7 Å². The van der Waals surface area contributed by atoms with Crippen LogP contribution in [0, 0.1) is 13.8 Å². The van der Waals surface area contributed by atoms with E-state index in [0.717, 1.165) is 76.9 Å². The Bertz CT molecular complexity index is 1270. The number of hydrogen-bond donors (Lipinski definition) is 1. The van der Waals surface area contributed by atoms with Gasteiger partial charge in [-0.25, -0.2) is 4.98 Å². The summed E-state index contributed by atoms with van der Waals surface area (Å²) in [7, 11) is 0. The Hall–Kier alpha value is -3.39. The quantitative estimate of drug-likeness (QED) is 0.530. The van der Waals surface area contributed by atoms with Gasteiger partial charge in [-0.15, -0.1) is 0 Å². The summed E-state index contributed by atoms with van der Waals surface area (Å²) >= 11 is 0. The van der Waals surface area contributed by atoms with E-state index in [9.17, 15) is 5.11 Å². The van der Waals surface area contributed by atoms with Gasteiger partial charge < -0.3 is 19.3 Å². The number of aryl methyl sites for hydroxylation is 2. The number of rotatable bonds is 3. The second kappa shape index (κ2) is 7.34. The third-order valence-corrected chi connectivity index (χ3v) is 6.56. The summed E-state index contributed by atoms with van der Waals surface area (Å²) < 4.78 is 14.1. The molecule has 4 aromatic rings. The molecule has 1 atom stereocenters. The van der Waals surface area contributed by atoms with E-state index < -0.39 is 0 Å². The molecular formula is C24H25N5O3. The van der Waals surface area contributed by atoms with Crippen molar-refractivity contribution in [3.63, 3.8) is 0 Å². The second-order valence-corrected chi connectivity index (χ2v) is 8.59. The summed E-state index contributed by atoms with van der Waals surface area (Å²) in [6.45, 7) is 5.87. The van der Waals surface area contributed by atoms with Crippen LogP contribution in [-0.4, -0.2) is 50.6 Å². The summed E-state index contributed by atoms with van der Waals surface area (Å²) in [6, 6.07) is 9.97. The van der Waals surface area contributed by atoms with Crippen LogP contribution in [0.25, 0.3) is 22.2 Å². The highest BCUT2D eigenvalue weighted by molar-refractivity contribution is 5.94. The normalized spacial score (nSPS) is 18.8. The monoisotopic (exact) mass is 431 g/mol. The maximum absolute atomic E-state index is 10.0. The lowest BCUT2D eigenvalue weighted by molar-refractivity contribution is 0.144. The van der Waals surface area contributed by atoms with Crippen LogP contribution in [0.5, 0.6) is 5.75 Å². The molecule has 0 amide bonds. The molecule has 5 heterocycles. The van der Waals surface area contributed by atoms with E-state index in [4.69, 9.17) is 14.2 Å². The third-order valence-electron chi connectivity index (χ3n) is 6.56. The SMILES string of the molecule is Cc1noc(C)c1-c1ccc2nc(N3CCC(O)CC3)n3c2c1OC[C@@H]3c1ccccn1. The van der Waals surface area contributed by atoms with Crippen molar-refractivity contribution < 1.29 is 14.4 Å². The average Bonchev–Trinajstić information content (AvgIpc) is 3.37. The van der Waals surface area contributed by atoms with Crippen molar-refractivity contribution in [3.05, 3.63) is 53.7 Å². The molecule has 1 fully saturated rings. The van der Waals surface area contributed by atoms with Crippen molar-refractivity contribution in [3.8, 4) is 16.9 Å². The van der Waals surface area contributed by atoms with Gasteiger partial charge in [-0.1, -0.05) is 11.2 Å². The molecule has 0 aliphatic carbocycles.